The van der Waals surface area contributed by atoms with E-state index in [1.807, 2.05) is 0 Å². The second-order valence-corrected chi connectivity index (χ2v) is 4.69. The maximum Gasteiger partial charge on any atom is 0.329 e. The Kier molecular flexibility index (Phi) is 6.07. The standard InChI is InChI=1S/C12H23N3O3/c1-9(16)14-11(12(17)18-3)8-13-6-7-15(2)10-4-5-10/h10-11,13H,4-8H2,1-3H3,(H,14,16). The van der Waals surface area contributed by atoms with Gasteiger partial charge in [0.05, 0.1) is 7.11 Å². The highest BCUT2D eigenvalue weighted by Gasteiger charge is 2.25. The van der Waals surface area contributed by atoms with Crippen molar-refractivity contribution in [1.29, 1.82) is 0 Å². The first-order valence-corrected chi connectivity index (χ1v) is 6.30. The van der Waals surface area contributed by atoms with Crippen molar-refractivity contribution in [3.8, 4) is 0 Å². The zero-order valence-corrected chi connectivity index (χ0v) is 11.4. The number of amides is 1. The molecule has 0 aromatic carbocycles. The molecule has 6 nitrogen and oxygen atoms in total. The average Bonchev–Trinajstić information content (AvgIpc) is 3.15. The lowest BCUT2D eigenvalue weighted by molar-refractivity contribution is -0.144. The highest BCUT2D eigenvalue weighted by atomic mass is 16.5. The Labute approximate surface area is 108 Å². The van der Waals surface area contributed by atoms with Crippen LogP contribution < -0.4 is 10.6 Å². The van der Waals surface area contributed by atoms with Crippen molar-refractivity contribution in [2.24, 2.45) is 0 Å². The molecule has 0 saturated heterocycles. The molecule has 1 atom stereocenters. The summed E-state index contributed by atoms with van der Waals surface area (Å²) in [7, 11) is 3.42. The Bertz CT molecular complexity index is 292. The molecule has 1 aliphatic carbocycles. The van der Waals surface area contributed by atoms with E-state index in [1.54, 1.807) is 0 Å². The van der Waals surface area contributed by atoms with E-state index in [2.05, 4.69) is 27.3 Å². The van der Waals surface area contributed by atoms with Crippen LogP contribution in [-0.4, -0.2) is 62.7 Å². The van der Waals surface area contributed by atoms with Crippen molar-refractivity contribution in [3.05, 3.63) is 0 Å². The lowest BCUT2D eigenvalue weighted by Crippen LogP contribution is -2.48. The first-order chi connectivity index (χ1) is 8.54. The normalized spacial score (nSPS) is 16.4. The number of methoxy groups -OCH3 is 1. The molecule has 18 heavy (non-hydrogen) atoms. The third kappa shape index (κ3) is 5.46. The number of nitrogens with zero attached hydrogens (tertiary/aromatic N) is 1. The van der Waals surface area contributed by atoms with Crippen molar-refractivity contribution in [1.82, 2.24) is 15.5 Å². The van der Waals surface area contributed by atoms with Gasteiger partial charge in [-0.25, -0.2) is 4.79 Å². The molecule has 1 rings (SSSR count). The average molecular weight is 257 g/mol. The molecule has 0 heterocycles. The summed E-state index contributed by atoms with van der Waals surface area (Å²) in [6.45, 7) is 3.51. The van der Waals surface area contributed by atoms with Crippen LogP contribution in [0.4, 0.5) is 0 Å². The third-order valence-corrected chi connectivity index (χ3v) is 3.02. The molecular formula is C12H23N3O3. The molecule has 0 spiro atoms. The Morgan fingerprint density at radius 1 is 1.44 bits per heavy atom. The van der Waals surface area contributed by atoms with Crippen LogP contribution in [0.25, 0.3) is 0 Å². The number of esters is 1. The van der Waals surface area contributed by atoms with Gasteiger partial charge in [-0.2, -0.15) is 0 Å². The van der Waals surface area contributed by atoms with Crippen LogP contribution in [0.15, 0.2) is 0 Å². The molecule has 0 aromatic heterocycles. The van der Waals surface area contributed by atoms with E-state index < -0.39 is 12.0 Å². The van der Waals surface area contributed by atoms with Gasteiger partial charge in [0, 0.05) is 32.6 Å². The smallest absolute Gasteiger partial charge is 0.329 e. The quantitative estimate of drug-likeness (QED) is 0.446. The summed E-state index contributed by atoms with van der Waals surface area (Å²) in [5, 5.41) is 5.73. The molecule has 1 fully saturated rings. The first-order valence-electron chi connectivity index (χ1n) is 6.30. The molecule has 0 radical (unpaired) electrons. The van der Waals surface area contributed by atoms with Gasteiger partial charge in [-0.15, -0.1) is 0 Å². The first kappa shape index (κ1) is 14.9. The Morgan fingerprint density at radius 3 is 2.61 bits per heavy atom. The van der Waals surface area contributed by atoms with Crippen LogP contribution in [0.3, 0.4) is 0 Å². The Hall–Kier alpha value is -1.14. The van der Waals surface area contributed by atoms with Crippen molar-refractivity contribution < 1.29 is 14.3 Å². The fraction of sp³-hybridized carbons (Fsp3) is 0.833. The number of ether oxygens (including phenoxy) is 1. The molecule has 6 heteroatoms. The fourth-order valence-corrected chi connectivity index (χ4v) is 1.78. The number of hydrogen-bond donors (Lipinski definition) is 2. The van der Waals surface area contributed by atoms with Crippen LogP contribution in [0.1, 0.15) is 19.8 Å². The predicted molar refractivity (Wildman–Crippen MR) is 68.1 cm³/mol. The molecule has 0 bridgehead atoms. The fourth-order valence-electron chi connectivity index (χ4n) is 1.78. The number of nitrogens with one attached hydrogen (secondary N) is 2. The summed E-state index contributed by atoms with van der Waals surface area (Å²) in [6.07, 6.45) is 2.57. The summed E-state index contributed by atoms with van der Waals surface area (Å²) in [5.74, 6) is -0.657. The van der Waals surface area contributed by atoms with Crippen LogP contribution in [0, 0.1) is 0 Å². The topological polar surface area (TPSA) is 70.7 Å². The monoisotopic (exact) mass is 257 g/mol. The Morgan fingerprint density at radius 2 is 2.11 bits per heavy atom. The van der Waals surface area contributed by atoms with Crippen molar-refractivity contribution in [2.75, 3.05) is 33.8 Å². The minimum absolute atomic E-state index is 0.234. The summed E-state index contributed by atoms with van der Waals surface area (Å²) in [4.78, 5) is 24.7. The number of likely N-dealkylation sites (N-methyl/N-ethyl adjacent to an activating group) is 1. The van der Waals surface area contributed by atoms with Gasteiger partial charge >= 0.3 is 5.97 Å². The molecule has 0 aromatic rings. The minimum atomic E-state index is -0.612. The predicted octanol–water partition coefficient (Wildman–Crippen LogP) is -0.652. The van der Waals surface area contributed by atoms with Crippen molar-refractivity contribution in [2.45, 2.75) is 31.8 Å². The summed E-state index contributed by atoms with van der Waals surface area (Å²) >= 11 is 0. The zero-order chi connectivity index (χ0) is 13.5. The molecule has 1 aliphatic rings. The maximum absolute atomic E-state index is 11.4. The second kappa shape index (κ2) is 7.33. The van der Waals surface area contributed by atoms with Crippen molar-refractivity contribution >= 4 is 11.9 Å². The van der Waals surface area contributed by atoms with Crippen LogP contribution in [0.5, 0.6) is 0 Å². The molecular weight excluding hydrogens is 234 g/mol. The highest BCUT2D eigenvalue weighted by molar-refractivity contribution is 5.83. The molecule has 2 N–H and O–H groups in total. The lowest BCUT2D eigenvalue weighted by atomic mass is 10.3. The molecule has 1 amide bonds. The van der Waals surface area contributed by atoms with E-state index in [0.717, 1.165) is 19.1 Å². The molecule has 104 valence electrons. The van der Waals surface area contributed by atoms with E-state index in [0.29, 0.717) is 6.54 Å². The third-order valence-electron chi connectivity index (χ3n) is 3.02. The van der Waals surface area contributed by atoms with E-state index in [9.17, 15) is 9.59 Å². The van der Waals surface area contributed by atoms with Gasteiger partial charge in [-0.1, -0.05) is 0 Å². The lowest BCUT2D eigenvalue weighted by Gasteiger charge is -2.18. The van der Waals surface area contributed by atoms with Gasteiger partial charge in [0.25, 0.3) is 0 Å². The van der Waals surface area contributed by atoms with Gasteiger partial charge in [-0.3, -0.25) is 4.79 Å². The van der Waals surface area contributed by atoms with Gasteiger partial charge in [0.2, 0.25) is 5.91 Å². The van der Waals surface area contributed by atoms with Crippen LogP contribution in [0.2, 0.25) is 0 Å². The van der Waals surface area contributed by atoms with Gasteiger partial charge < -0.3 is 20.3 Å². The Balaban J connectivity index is 2.19. The van der Waals surface area contributed by atoms with Gasteiger partial charge in [0.15, 0.2) is 0 Å². The van der Waals surface area contributed by atoms with E-state index in [-0.39, 0.29) is 5.91 Å². The molecule has 1 saturated carbocycles. The van der Waals surface area contributed by atoms with Crippen LogP contribution >= 0.6 is 0 Å². The summed E-state index contributed by atoms with van der Waals surface area (Å²) in [6, 6.07) is 0.122. The van der Waals surface area contributed by atoms with Crippen LogP contribution in [-0.2, 0) is 14.3 Å². The van der Waals surface area contributed by atoms with E-state index >= 15 is 0 Å². The highest BCUT2D eigenvalue weighted by Crippen LogP contribution is 2.24. The number of carbonyl (C=O) groups excluding carboxylic acids is 2. The SMILES string of the molecule is COC(=O)C(CNCCN(C)C1CC1)NC(C)=O. The zero-order valence-electron chi connectivity index (χ0n) is 11.4. The summed E-state index contributed by atoms with van der Waals surface area (Å²) in [5.41, 5.74) is 0. The molecule has 0 aliphatic heterocycles. The maximum atomic E-state index is 11.4. The minimum Gasteiger partial charge on any atom is -0.467 e. The van der Waals surface area contributed by atoms with E-state index in [4.69, 9.17) is 0 Å². The second-order valence-electron chi connectivity index (χ2n) is 4.69. The number of rotatable bonds is 8. The molecule has 1 unspecified atom stereocenters. The van der Waals surface area contributed by atoms with E-state index in [1.165, 1.54) is 26.9 Å². The van der Waals surface area contributed by atoms with Crippen molar-refractivity contribution in [3.63, 3.8) is 0 Å². The summed E-state index contributed by atoms with van der Waals surface area (Å²) < 4.78 is 4.64. The number of hydrogen-bond acceptors (Lipinski definition) is 5. The van der Waals surface area contributed by atoms with Gasteiger partial charge in [0.1, 0.15) is 6.04 Å². The largest absolute Gasteiger partial charge is 0.467 e. The van der Waals surface area contributed by atoms with Gasteiger partial charge in [-0.05, 0) is 19.9 Å². The number of carbonyl (C=O) groups is 2.